The first-order valence-corrected chi connectivity index (χ1v) is 5.07. The highest BCUT2D eigenvalue weighted by molar-refractivity contribution is 5.87. The fourth-order valence-electron chi connectivity index (χ4n) is 1.99. The van der Waals surface area contributed by atoms with Gasteiger partial charge < -0.3 is 15.8 Å². The first-order chi connectivity index (χ1) is 6.30. The van der Waals surface area contributed by atoms with Gasteiger partial charge in [0.15, 0.2) is 0 Å². The number of nitrogens with one attached hydrogen (secondary N) is 1. The maximum absolute atomic E-state index is 11.9. The Bertz CT molecular complexity index is 260. The van der Waals surface area contributed by atoms with Gasteiger partial charge in [-0.15, -0.1) is 0 Å². The van der Waals surface area contributed by atoms with E-state index in [1.165, 1.54) is 0 Å². The number of ether oxygens (including phenoxy) is 1. The smallest absolute Gasteiger partial charge is 0.240 e. The Balaban J connectivity index is 1.97. The van der Waals surface area contributed by atoms with Crippen LogP contribution in [0.4, 0.5) is 0 Å². The van der Waals surface area contributed by atoms with Crippen LogP contribution in [-0.2, 0) is 9.53 Å². The number of hydrogen-bond donors (Lipinski definition) is 2. The second kappa shape index (κ2) is 2.70. The molecule has 1 heterocycles. The van der Waals surface area contributed by atoms with Crippen LogP contribution in [0.3, 0.4) is 0 Å². The normalized spacial score (nSPS) is 40.6. The molecule has 2 unspecified atom stereocenters. The number of nitrogens with two attached hydrogens (primary N) is 1. The van der Waals surface area contributed by atoms with Crippen molar-refractivity contribution in [2.45, 2.75) is 56.9 Å². The van der Waals surface area contributed by atoms with Crippen molar-refractivity contribution in [3.05, 3.63) is 0 Å². The molecule has 14 heavy (non-hydrogen) atoms. The lowest BCUT2D eigenvalue weighted by molar-refractivity contribution is -0.128. The molecule has 0 aromatic carbocycles. The van der Waals surface area contributed by atoms with E-state index in [9.17, 15) is 4.79 Å². The van der Waals surface area contributed by atoms with E-state index in [0.717, 1.165) is 0 Å². The van der Waals surface area contributed by atoms with Gasteiger partial charge in [-0.05, 0) is 20.8 Å². The SMILES string of the molecule is CC(C)(C)NC(=O)C1(N)CC2OC2C1. The summed E-state index contributed by atoms with van der Waals surface area (Å²) in [6.07, 6.45) is 1.82. The van der Waals surface area contributed by atoms with Crippen molar-refractivity contribution < 1.29 is 9.53 Å². The van der Waals surface area contributed by atoms with Crippen molar-refractivity contribution in [3.8, 4) is 0 Å². The van der Waals surface area contributed by atoms with Gasteiger partial charge in [-0.25, -0.2) is 0 Å². The van der Waals surface area contributed by atoms with Crippen molar-refractivity contribution in [3.63, 3.8) is 0 Å². The Labute approximate surface area is 84.2 Å². The Hall–Kier alpha value is -0.610. The van der Waals surface area contributed by atoms with Crippen LogP contribution in [0.2, 0.25) is 0 Å². The molecule has 2 fully saturated rings. The predicted octanol–water partition coefficient (Wildman–Crippen LogP) is 0.160. The van der Waals surface area contributed by atoms with E-state index in [1.54, 1.807) is 0 Å². The molecule has 1 amide bonds. The zero-order valence-electron chi connectivity index (χ0n) is 8.96. The van der Waals surface area contributed by atoms with Crippen molar-refractivity contribution in [1.82, 2.24) is 5.32 Å². The minimum Gasteiger partial charge on any atom is -0.369 e. The molecule has 1 aliphatic heterocycles. The molecule has 1 saturated carbocycles. The van der Waals surface area contributed by atoms with Crippen LogP contribution in [-0.4, -0.2) is 29.2 Å². The third kappa shape index (κ3) is 1.77. The fraction of sp³-hybridized carbons (Fsp3) is 0.900. The summed E-state index contributed by atoms with van der Waals surface area (Å²) in [5.74, 6) is -0.0409. The van der Waals surface area contributed by atoms with Gasteiger partial charge in [-0.3, -0.25) is 4.79 Å². The highest BCUT2D eigenvalue weighted by atomic mass is 16.6. The molecule has 80 valence electrons. The molecule has 0 radical (unpaired) electrons. The summed E-state index contributed by atoms with van der Waals surface area (Å²) in [5.41, 5.74) is 5.13. The summed E-state index contributed by atoms with van der Waals surface area (Å²) in [4.78, 5) is 11.9. The van der Waals surface area contributed by atoms with Crippen LogP contribution in [0.1, 0.15) is 33.6 Å². The zero-order valence-corrected chi connectivity index (χ0v) is 8.96. The van der Waals surface area contributed by atoms with Crippen molar-refractivity contribution in [2.75, 3.05) is 0 Å². The molecule has 0 bridgehead atoms. The monoisotopic (exact) mass is 198 g/mol. The minimum atomic E-state index is -0.694. The van der Waals surface area contributed by atoms with Gasteiger partial charge in [0.1, 0.15) is 5.54 Å². The average Bonchev–Trinajstić information content (AvgIpc) is 2.56. The number of amides is 1. The summed E-state index contributed by atoms with van der Waals surface area (Å²) >= 11 is 0. The summed E-state index contributed by atoms with van der Waals surface area (Å²) in [6, 6.07) is 0. The maximum Gasteiger partial charge on any atom is 0.240 e. The third-order valence-corrected chi connectivity index (χ3v) is 2.76. The van der Waals surface area contributed by atoms with Crippen LogP contribution in [0.5, 0.6) is 0 Å². The zero-order chi connectivity index (χ0) is 10.6. The molecule has 2 aliphatic rings. The molecular weight excluding hydrogens is 180 g/mol. The largest absolute Gasteiger partial charge is 0.369 e. The standard InChI is InChI=1S/C10H18N2O2/c1-9(2,3)12-8(13)10(11)4-6-7(5-10)14-6/h6-7H,4-5,11H2,1-3H3,(H,12,13). The van der Waals surface area contributed by atoms with E-state index in [0.29, 0.717) is 12.8 Å². The minimum absolute atomic E-state index is 0.0409. The highest BCUT2D eigenvalue weighted by Crippen LogP contribution is 2.43. The quantitative estimate of drug-likeness (QED) is 0.590. The maximum atomic E-state index is 11.9. The van der Waals surface area contributed by atoms with Gasteiger partial charge in [0.05, 0.1) is 12.2 Å². The first kappa shape index (κ1) is 9.93. The number of fused-ring (bicyclic) bond motifs is 1. The van der Waals surface area contributed by atoms with Gasteiger partial charge in [-0.1, -0.05) is 0 Å². The Morgan fingerprint density at radius 2 is 1.93 bits per heavy atom. The molecular formula is C10H18N2O2. The van der Waals surface area contributed by atoms with Crippen LogP contribution in [0, 0.1) is 0 Å². The van der Waals surface area contributed by atoms with E-state index < -0.39 is 5.54 Å². The van der Waals surface area contributed by atoms with E-state index in [4.69, 9.17) is 10.5 Å². The molecule has 0 aromatic rings. The molecule has 4 heteroatoms. The predicted molar refractivity (Wildman–Crippen MR) is 52.7 cm³/mol. The van der Waals surface area contributed by atoms with Crippen LogP contribution in [0.25, 0.3) is 0 Å². The molecule has 0 aromatic heterocycles. The van der Waals surface area contributed by atoms with Crippen molar-refractivity contribution >= 4 is 5.91 Å². The van der Waals surface area contributed by atoms with Gasteiger partial charge in [0.2, 0.25) is 5.91 Å². The molecule has 0 spiro atoms. The molecule has 4 nitrogen and oxygen atoms in total. The van der Waals surface area contributed by atoms with E-state index >= 15 is 0 Å². The van der Waals surface area contributed by atoms with Gasteiger partial charge in [0.25, 0.3) is 0 Å². The fourth-order valence-corrected chi connectivity index (χ4v) is 1.99. The molecule has 3 N–H and O–H groups in total. The Morgan fingerprint density at radius 3 is 2.36 bits per heavy atom. The van der Waals surface area contributed by atoms with Crippen LogP contribution < -0.4 is 11.1 Å². The molecule has 2 rings (SSSR count). The summed E-state index contributed by atoms with van der Waals surface area (Å²) < 4.78 is 5.27. The Kier molecular flexibility index (Phi) is 1.92. The lowest BCUT2D eigenvalue weighted by Gasteiger charge is -2.29. The molecule has 1 saturated heterocycles. The Morgan fingerprint density at radius 1 is 1.43 bits per heavy atom. The summed E-state index contributed by atoms with van der Waals surface area (Å²) in [5, 5.41) is 2.92. The van der Waals surface area contributed by atoms with Crippen LogP contribution in [0.15, 0.2) is 0 Å². The number of rotatable bonds is 1. The number of hydrogen-bond acceptors (Lipinski definition) is 3. The van der Waals surface area contributed by atoms with Crippen molar-refractivity contribution in [2.24, 2.45) is 5.73 Å². The first-order valence-electron chi connectivity index (χ1n) is 5.07. The summed E-state index contributed by atoms with van der Waals surface area (Å²) in [7, 11) is 0. The average molecular weight is 198 g/mol. The lowest BCUT2D eigenvalue weighted by atomic mass is 9.95. The number of carbonyl (C=O) groups excluding carboxylic acids is 1. The summed E-state index contributed by atoms with van der Waals surface area (Å²) in [6.45, 7) is 5.88. The molecule has 1 aliphatic carbocycles. The van der Waals surface area contributed by atoms with E-state index in [-0.39, 0.29) is 23.7 Å². The van der Waals surface area contributed by atoms with Crippen LogP contribution >= 0.6 is 0 Å². The molecule has 2 atom stereocenters. The van der Waals surface area contributed by atoms with E-state index in [1.807, 2.05) is 20.8 Å². The topological polar surface area (TPSA) is 67.7 Å². The second-order valence-electron chi connectivity index (χ2n) is 5.48. The number of carbonyl (C=O) groups is 1. The number of epoxide rings is 1. The van der Waals surface area contributed by atoms with Gasteiger partial charge >= 0.3 is 0 Å². The lowest BCUT2D eigenvalue weighted by Crippen LogP contribution is -2.57. The van der Waals surface area contributed by atoms with Gasteiger partial charge in [0, 0.05) is 18.4 Å². The second-order valence-corrected chi connectivity index (χ2v) is 5.48. The third-order valence-electron chi connectivity index (χ3n) is 2.76. The van der Waals surface area contributed by atoms with Crippen molar-refractivity contribution in [1.29, 1.82) is 0 Å². The highest BCUT2D eigenvalue weighted by Gasteiger charge is 2.57. The van der Waals surface area contributed by atoms with E-state index in [2.05, 4.69) is 5.32 Å². The van der Waals surface area contributed by atoms with Gasteiger partial charge in [-0.2, -0.15) is 0 Å².